The number of aromatic nitrogens is 1. The van der Waals surface area contributed by atoms with Crippen LogP contribution in [0.5, 0.6) is 0 Å². The number of nitrogens with zero attached hydrogens (tertiary/aromatic N) is 2. The molecule has 57 heavy (non-hydrogen) atoms. The van der Waals surface area contributed by atoms with Crippen LogP contribution in [0.1, 0.15) is 22.3 Å². The van der Waals surface area contributed by atoms with Crippen LogP contribution in [0.2, 0.25) is 0 Å². The Morgan fingerprint density at radius 3 is 1.58 bits per heavy atom. The van der Waals surface area contributed by atoms with Gasteiger partial charge in [-0.05, 0) is 105 Å². The third-order valence-corrected chi connectivity index (χ3v) is 11.8. The molecule has 0 bridgehead atoms. The quantitative estimate of drug-likeness (QED) is 0.159. The van der Waals surface area contributed by atoms with Crippen LogP contribution in [0, 0.1) is 0 Å². The minimum Gasteiger partial charge on any atom is -0.310 e. The second kappa shape index (κ2) is 13.4. The van der Waals surface area contributed by atoms with Crippen LogP contribution < -0.4 is 4.90 Å². The molecule has 0 atom stereocenters. The molecule has 268 valence electrons. The molecule has 9 aromatic carbocycles. The van der Waals surface area contributed by atoms with Crippen LogP contribution in [-0.4, -0.2) is 4.57 Å². The molecule has 2 heteroatoms. The van der Waals surface area contributed by atoms with Crippen molar-refractivity contribution >= 4 is 38.9 Å². The van der Waals surface area contributed by atoms with Gasteiger partial charge in [-0.1, -0.05) is 170 Å². The van der Waals surface area contributed by atoms with Crippen LogP contribution in [-0.2, 0) is 5.41 Å². The molecular formula is C55H38N2. The molecule has 0 amide bonds. The molecule has 0 aliphatic heterocycles. The van der Waals surface area contributed by atoms with Crippen molar-refractivity contribution in [2.75, 3.05) is 4.90 Å². The summed E-state index contributed by atoms with van der Waals surface area (Å²) in [7, 11) is 0. The van der Waals surface area contributed by atoms with Gasteiger partial charge < -0.3 is 9.47 Å². The highest BCUT2D eigenvalue weighted by molar-refractivity contribution is 6.10. The monoisotopic (exact) mass is 726 g/mol. The smallest absolute Gasteiger partial charge is 0.0713 e. The molecule has 0 fully saturated rings. The Kier molecular flexibility index (Phi) is 7.75. The molecule has 1 aliphatic rings. The standard InChI is InChI=1S/C55H38N2/c1-5-19-41(20-6-1)55(42-21-7-2-8-22-42)51-30-15-13-28-47(51)50-38-46(33-35-52(50)55)57-53-31-16-14-29-48(53)49-34-32-40(37-54(49)57)39-18-17-27-45(36-39)56(43-23-9-3-10-24-43)44-25-11-4-12-26-44/h1-38H. The maximum atomic E-state index is 2.46. The van der Waals surface area contributed by atoms with E-state index in [2.05, 4.69) is 240 Å². The van der Waals surface area contributed by atoms with Gasteiger partial charge in [0.1, 0.15) is 0 Å². The molecule has 2 nitrogen and oxygen atoms in total. The summed E-state index contributed by atoms with van der Waals surface area (Å²) in [5.74, 6) is 0. The van der Waals surface area contributed by atoms with Crippen molar-refractivity contribution in [2.45, 2.75) is 5.41 Å². The lowest BCUT2D eigenvalue weighted by Crippen LogP contribution is -2.28. The van der Waals surface area contributed by atoms with E-state index in [-0.39, 0.29) is 0 Å². The van der Waals surface area contributed by atoms with Crippen LogP contribution in [0.4, 0.5) is 17.1 Å². The molecule has 11 rings (SSSR count). The van der Waals surface area contributed by atoms with E-state index in [1.54, 1.807) is 0 Å². The first kappa shape index (κ1) is 33.0. The van der Waals surface area contributed by atoms with Crippen LogP contribution in [0.3, 0.4) is 0 Å². The summed E-state index contributed by atoms with van der Waals surface area (Å²) in [6.45, 7) is 0. The van der Waals surface area contributed by atoms with E-state index in [9.17, 15) is 0 Å². The zero-order valence-corrected chi connectivity index (χ0v) is 31.3. The molecule has 0 saturated heterocycles. The van der Waals surface area contributed by atoms with Gasteiger partial charge in [0.25, 0.3) is 0 Å². The van der Waals surface area contributed by atoms with Crippen LogP contribution in [0.25, 0.3) is 49.7 Å². The van der Waals surface area contributed by atoms with E-state index < -0.39 is 5.41 Å². The summed E-state index contributed by atoms with van der Waals surface area (Å²) in [4.78, 5) is 2.33. The highest BCUT2D eigenvalue weighted by Crippen LogP contribution is 2.56. The Bertz CT molecular complexity index is 2980. The third-order valence-electron chi connectivity index (χ3n) is 11.8. The summed E-state index contributed by atoms with van der Waals surface area (Å²) >= 11 is 0. The van der Waals surface area contributed by atoms with Gasteiger partial charge in [0, 0.05) is 33.5 Å². The minimum atomic E-state index is -0.431. The van der Waals surface area contributed by atoms with E-state index in [0.717, 1.165) is 22.7 Å². The van der Waals surface area contributed by atoms with Crippen molar-refractivity contribution in [1.29, 1.82) is 0 Å². The SMILES string of the molecule is c1ccc(N(c2ccccc2)c2cccc(-c3ccc4c5ccccc5n(-c5ccc6c(c5)-c5ccccc5C6(c5ccccc5)c5ccccc5)c4c3)c2)cc1. The fraction of sp³-hybridized carbons (Fsp3) is 0.0182. The second-order valence-electron chi connectivity index (χ2n) is 14.9. The fourth-order valence-corrected chi connectivity index (χ4v) is 9.43. The van der Waals surface area contributed by atoms with Crippen molar-refractivity contribution in [3.05, 3.63) is 253 Å². The zero-order chi connectivity index (χ0) is 37.8. The van der Waals surface area contributed by atoms with Gasteiger partial charge in [-0.2, -0.15) is 0 Å². The molecule has 10 aromatic rings. The molecule has 0 radical (unpaired) electrons. The average Bonchev–Trinajstić information content (AvgIpc) is 3.78. The number of benzene rings is 9. The third kappa shape index (κ3) is 5.18. The average molecular weight is 727 g/mol. The van der Waals surface area contributed by atoms with E-state index in [1.807, 2.05) is 0 Å². The first-order valence-electron chi connectivity index (χ1n) is 19.7. The van der Waals surface area contributed by atoms with Crippen LogP contribution in [0.15, 0.2) is 231 Å². The normalized spacial score (nSPS) is 12.7. The topological polar surface area (TPSA) is 8.17 Å². The summed E-state index contributed by atoms with van der Waals surface area (Å²) in [6, 6.07) is 84.1. The van der Waals surface area contributed by atoms with E-state index in [0.29, 0.717) is 0 Å². The maximum absolute atomic E-state index is 2.46. The number of para-hydroxylation sites is 3. The Hall–Kier alpha value is -7.42. The van der Waals surface area contributed by atoms with Gasteiger partial charge in [-0.3, -0.25) is 0 Å². The first-order chi connectivity index (χ1) is 28.3. The molecule has 0 N–H and O–H groups in total. The van der Waals surface area contributed by atoms with Gasteiger partial charge in [-0.25, -0.2) is 0 Å². The highest BCUT2D eigenvalue weighted by atomic mass is 15.1. The Morgan fingerprint density at radius 1 is 0.333 bits per heavy atom. The molecular weight excluding hydrogens is 689 g/mol. The summed E-state index contributed by atoms with van der Waals surface area (Å²) in [5, 5.41) is 2.49. The van der Waals surface area contributed by atoms with Crippen molar-refractivity contribution in [3.8, 4) is 27.9 Å². The van der Waals surface area contributed by atoms with E-state index in [1.165, 1.54) is 66.3 Å². The molecule has 0 saturated carbocycles. The summed E-state index contributed by atoms with van der Waals surface area (Å²) in [5.41, 5.74) is 16.5. The summed E-state index contributed by atoms with van der Waals surface area (Å²) < 4.78 is 2.46. The largest absolute Gasteiger partial charge is 0.310 e. The Labute approximate surface area is 333 Å². The van der Waals surface area contributed by atoms with Gasteiger partial charge in [0.05, 0.1) is 16.4 Å². The highest BCUT2D eigenvalue weighted by Gasteiger charge is 2.46. The lowest BCUT2D eigenvalue weighted by Gasteiger charge is -2.33. The Morgan fingerprint density at radius 2 is 0.877 bits per heavy atom. The predicted octanol–water partition coefficient (Wildman–Crippen LogP) is 14.3. The number of fused-ring (bicyclic) bond motifs is 6. The summed E-state index contributed by atoms with van der Waals surface area (Å²) in [6.07, 6.45) is 0. The van der Waals surface area contributed by atoms with Gasteiger partial charge >= 0.3 is 0 Å². The van der Waals surface area contributed by atoms with Gasteiger partial charge in [0.2, 0.25) is 0 Å². The van der Waals surface area contributed by atoms with Crippen molar-refractivity contribution in [1.82, 2.24) is 4.57 Å². The number of rotatable bonds is 7. The lowest BCUT2D eigenvalue weighted by atomic mass is 9.68. The number of anilines is 3. The van der Waals surface area contributed by atoms with Crippen molar-refractivity contribution < 1.29 is 0 Å². The number of hydrogen-bond acceptors (Lipinski definition) is 1. The maximum Gasteiger partial charge on any atom is 0.0713 e. The molecule has 0 unspecified atom stereocenters. The minimum absolute atomic E-state index is 0.431. The van der Waals surface area contributed by atoms with E-state index >= 15 is 0 Å². The van der Waals surface area contributed by atoms with Crippen LogP contribution >= 0.6 is 0 Å². The second-order valence-corrected chi connectivity index (χ2v) is 14.9. The molecule has 1 aliphatic carbocycles. The van der Waals surface area contributed by atoms with E-state index in [4.69, 9.17) is 0 Å². The fourth-order valence-electron chi connectivity index (χ4n) is 9.43. The van der Waals surface area contributed by atoms with Gasteiger partial charge in [-0.15, -0.1) is 0 Å². The number of hydrogen-bond donors (Lipinski definition) is 0. The first-order valence-corrected chi connectivity index (χ1v) is 19.7. The van der Waals surface area contributed by atoms with Gasteiger partial charge in [0.15, 0.2) is 0 Å². The molecule has 1 aromatic heterocycles. The zero-order valence-electron chi connectivity index (χ0n) is 31.3. The Balaban J connectivity index is 1.10. The molecule has 0 spiro atoms. The molecule has 1 heterocycles. The van der Waals surface area contributed by atoms with Crippen molar-refractivity contribution in [2.24, 2.45) is 0 Å². The lowest BCUT2D eigenvalue weighted by molar-refractivity contribution is 0.768. The van der Waals surface area contributed by atoms with Crippen molar-refractivity contribution in [3.63, 3.8) is 0 Å². The predicted molar refractivity (Wildman–Crippen MR) is 238 cm³/mol.